The average molecular weight is 457 g/mol. The van der Waals surface area contributed by atoms with Gasteiger partial charge in [0.2, 0.25) is 0 Å². The van der Waals surface area contributed by atoms with Gasteiger partial charge in [-0.3, -0.25) is 9.69 Å². The fraction of sp³-hybridized carbons (Fsp3) is 0.240. The van der Waals surface area contributed by atoms with Gasteiger partial charge in [0.05, 0.1) is 6.04 Å². The van der Waals surface area contributed by atoms with Crippen molar-refractivity contribution in [2.45, 2.75) is 6.04 Å². The van der Waals surface area contributed by atoms with Crippen LogP contribution in [0.2, 0.25) is 5.02 Å². The van der Waals surface area contributed by atoms with Crippen LogP contribution in [0.5, 0.6) is 5.75 Å². The molecule has 0 N–H and O–H groups in total. The molecule has 0 radical (unpaired) electrons. The molecule has 1 saturated heterocycles. The molecule has 1 fully saturated rings. The Bertz CT molecular complexity index is 905. The molecule has 0 bridgehead atoms. The first-order chi connectivity index (χ1) is 14.7. The molecule has 1 amide bonds. The summed E-state index contributed by atoms with van der Waals surface area (Å²) in [6.45, 7) is 3.07. The first kappa shape index (κ1) is 23.1. The fourth-order valence-electron chi connectivity index (χ4n) is 3.88. The number of amides is 1. The van der Waals surface area contributed by atoms with Crippen molar-refractivity contribution in [3.8, 4) is 5.75 Å². The molecule has 0 spiro atoms. The van der Waals surface area contributed by atoms with Crippen molar-refractivity contribution in [2.75, 3.05) is 32.8 Å². The van der Waals surface area contributed by atoms with Crippen molar-refractivity contribution in [1.29, 1.82) is 0 Å². The Kier molecular flexibility index (Phi) is 8.35. The highest BCUT2D eigenvalue weighted by atomic mass is 35.5. The van der Waals surface area contributed by atoms with Crippen LogP contribution in [0.25, 0.3) is 0 Å². The van der Waals surface area contributed by atoms with Crippen molar-refractivity contribution in [3.63, 3.8) is 0 Å². The Morgan fingerprint density at radius 3 is 1.84 bits per heavy atom. The molecule has 0 saturated carbocycles. The van der Waals surface area contributed by atoms with Gasteiger partial charge in [0.25, 0.3) is 5.91 Å². The summed E-state index contributed by atoms with van der Waals surface area (Å²) in [7, 11) is 0. The van der Waals surface area contributed by atoms with E-state index in [2.05, 4.69) is 53.4 Å². The molecule has 1 aliphatic rings. The van der Waals surface area contributed by atoms with Gasteiger partial charge in [-0.15, -0.1) is 12.4 Å². The quantitative estimate of drug-likeness (QED) is 0.518. The van der Waals surface area contributed by atoms with Crippen LogP contribution in [0.15, 0.2) is 84.9 Å². The van der Waals surface area contributed by atoms with Crippen LogP contribution in [0.3, 0.4) is 0 Å². The number of carbonyl (C=O) groups is 1. The molecule has 0 aromatic heterocycles. The van der Waals surface area contributed by atoms with Crippen molar-refractivity contribution >= 4 is 29.9 Å². The average Bonchev–Trinajstić information content (AvgIpc) is 2.81. The van der Waals surface area contributed by atoms with Crippen LogP contribution in [0, 0.1) is 0 Å². The second-order valence-corrected chi connectivity index (χ2v) is 7.82. The zero-order valence-corrected chi connectivity index (χ0v) is 18.8. The summed E-state index contributed by atoms with van der Waals surface area (Å²) in [5.41, 5.74) is 2.55. The lowest BCUT2D eigenvalue weighted by Crippen LogP contribution is -2.51. The first-order valence-corrected chi connectivity index (χ1v) is 10.6. The summed E-state index contributed by atoms with van der Waals surface area (Å²) in [5, 5.41) is 0.649. The summed E-state index contributed by atoms with van der Waals surface area (Å²) < 4.78 is 5.63. The van der Waals surface area contributed by atoms with Crippen LogP contribution in [-0.2, 0) is 4.79 Å². The van der Waals surface area contributed by atoms with Gasteiger partial charge in [-0.25, -0.2) is 0 Å². The minimum atomic E-state index is 0. The lowest BCUT2D eigenvalue weighted by atomic mass is 9.96. The number of piperazine rings is 1. The van der Waals surface area contributed by atoms with Crippen molar-refractivity contribution < 1.29 is 9.53 Å². The van der Waals surface area contributed by atoms with E-state index in [9.17, 15) is 4.79 Å². The van der Waals surface area contributed by atoms with Gasteiger partial charge in [0, 0.05) is 31.2 Å². The lowest BCUT2D eigenvalue weighted by molar-refractivity contribution is -0.135. The number of benzene rings is 3. The predicted octanol–water partition coefficient (Wildman–Crippen LogP) is 5.07. The molecule has 162 valence electrons. The van der Waals surface area contributed by atoms with Gasteiger partial charge in [0.1, 0.15) is 5.75 Å². The molecule has 0 aliphatic carbocycles. The number of rotatable bonds is 6. The number of ether oxygens (including phenoxy) is 1. The lowest BCUT2D eigenvalue weighted by Gasteiger charge is -2.39. The van der Waals surface area contributed by atoms with Gasteiger partial charge >= 0.3 is 0 Å². The van der Waals surface area contributed by atoms with Gasteiger partial charge in [-0.2, -0.15) is 0 Å². The summed E-state index contributed by atoms with van der Waals surface area (Å²) in [5.74, 6) is 0.667. The van der Waals surface area contributed by atoms with Gasteiger partial charge < -0.3 is 9.64 Å². The highest BCUT2D eigenvalue weighted by Crippen LogP contribution is 2.29. The number of nitrogens with zero attached hydrogens (tertiary/aromatic N) is 2. The highest BCUT2D eigenvalue weighted by Gasteiger charge is 2.28. The van der Waals surface area contributed by atoms with Crippen LogP contribution in [0.4, 0.5) is 0 Å². The normalized spacial score (nSPS) is 14.2. The topological polar surface area (TPSA) is 32.8 Å². The molecule has 0 atom stereocenters. The molecular formula is C25H26Cl2N2O2. The van der Waals surface area contributed by atoms with E-state index in [4.69, 9.17) is 16.3 Å². The number of carbonyl (C=O) groups excluding carboxylic acids is 1. The second-order valence-electron chi connectivity index (χ2n) is 7.38. The molecule has 3 aromatic carbocycles. The second kappa shape index (κ2) is 11.2. The van der Waals surface area contributed by atoms with Gasteiger partial charge in [-0.05, 0) is 35.4 Å². The summed E-state index contributed by atoms with van der Waals surface area (Å²) in [4.78, 5) is 17.0. The molecule has 0 unspecified atom stereocenters. The monoisotopic (exact) mass is 456 g/mol. The Hall–Kier alpha value is -2.53. The third kappa shape index (κ3) is 6.01. The molecule has 6 heteroatoms. The van der Waals surface area contributed by atoms with E-state index in [-0.39, 0.29) is 31.0 Å². The maximum absolute atomic E-state index is 12.6. The molecule has 4 rings (SSSR count). The predicted molar refractivity (Wildman–Crippen MR) is 127 cm³/mol. The Balaban J connectivity index is 0.00000272. The van der Waals surface area contributed by atoms with E-state index in [1.165, 1.54) is 11.1 Å². The first-order valence-electron chi connectivity index (χ1n) is 10.2. The van der Waals surface area contributed by atoms with E-state index < -0.39 is 0 Å². The van der Waals surface area contributed by atoms with Crippen LogP contribution in [0.1, 0.15) is 17.2 Å². The maximum atomic E-state index is 12.6. The number of halogens is 2. The van der Waals surface area contributed by atoms with E-state index in [0.717, 1.165) is 13.1 Å². The number of hydrogen-bond donors (Lipinski definition) is 0. The van der Waals surface area contributed by atoms with Crippen LogP contribution >= 0.6 is 24.0 Å². The Morgan fingerprint density at radius 2 is 1.32 bits per heavy atom. The maximum Gasteiger partial charge on any atom is 0.260 e. The van der Waals surface area contributed by atoms with E-state index >= 15 is 0 Å². The van der Waals surface area contributed by atoms with Crippen molar-refractivity contribution in [1.82, 2.24) is 9.80 Å². The SMILES string of the molecule is Cl.O=C(COc1ccc(Cl)cc1)N1CCN(C(c2ccccc2)c2ccccc2)CC1. The van der Waals surface area contributed by atoms with Crippen molar-refractivity contribution in [3.05, 3.63) is 101 Å². The molecule has 31 heavy (non-hydrogen) atoms. The smallest absolute Gasteiger partial charge is 0.260 e. The Labute approximate surface area is 194 Å². The standard InChI is InChI=1S/C25H25ClN2O2.ClH/c26-22-11-13-23(14-12-22)30-19-24(29)27-15-17-28(18-16-27)25(20-7-3-1-4-8-20)21-9-5-2-6-10-21;/h1-14,25H,15-19H2;1H. The molecule has 1 aliphatic heterocycles. The van der Waals surface area contributed by atoms with Crippen LogP contribution in [-0.4, -0.2) is 48.5 Å². The van der Waals surface area contributed by atoms with Crippen molar-refractivity contribution in [2.24, 2.45) is 0 Å². The zero-order chi connectivity index (χ0) is 20.8. The number of hydrogen-bond acceptors (Lipinski definition) is 3. The summed E-state index contributed by atoms with van der Waals surface area (Å²) in [6, 6.07) is 28.4. The molecule has 4 nitrogen and oxygen atoms in total. The Morgan fingerprint density at radius 1 is 0.806 bits per heavy atom. The largest absolute Gasteiger partial charge is 0.484 e. The van der Waals surface area contributed by atoms with Gasteiger partial charge in [0.15, 0.2) is 6.61 Å². The summed E-state index contributed by atoms with van der Waals surface area (Å²) in [6.07, 6.45) is 0. The van der Waals surface area contributed by atoms with E-state index in [1.807, 2.05) is 17.0 Å². The highest BCUT2D eigenvalue weighted by molar-refractivity contribution is 6.30. The fourth-order valence-corrected chi connectivity index (χ4v) is 4.01. The van der Waals surface area contributed by atoms with E-state index in [0.29, 0.717) is 23.9 Å². The minimum Gasteiger partial charge on any atom is -0.484 e. The third-order valence-electron chi connectivity index (χ3n) is 5.44. The van der Waals surface area contributed by atoms with Gasteiger partial charge in [-0.1, -0.05) is 72.3 Å². The van der Waals surface area contributed by atoms with E-state index in [1.54, 1.807) is 24.3 Å². The minimum absolute atomic E-state index is 0. The zero-order valence-electron chi connectivity index (χ0n) is 17.2. The molecule has 1 heterocycles. The summed E-state index contributed by atoms with van der Waals surface area (Å²) >= 11 is 5.89. The third-order valence-corrected chi connectivity index (χ3v) is 5.69. The molecular weight excluding hydrogens is 431 g/mol. The molecule has 3 aromatic rings. The van der Waals surface area contributed by atoms with Crippen LogP contribution < -0.4 is 4.74 Å².